The maximum absolute atomic E-state index is 12.2. The Bertz CT molecular complexity index is 701. The standard InChI is InChI=1S/C11H11BrN4O2S/c1-7-4-8(13)2-3-9(7)19(17,18)16-11-6-14-10(12)5-15-11/h2-6H,13H2,1H3,(H,15,16). The van der Waals surface area contributed by atoms with Crippen LogP contribution < -0.4 is 10.5 Å². The molecule has 2 aromatic rings. The van der Waals surface area contributed by atoms with Crippen LogP contribution in [-0.4, -0.2) is 18.4 Å². The third-order valence-electron chi connectivity index (χ3n) is 2.35. The van der Waals surface area contributed by atoms with Crippen molar-refractivity contribution in [3.63, 3.8) is 0 Å². The molecular weight excluding hydrogens is 332 g/mol. The lowest BCUT2D eigenvalue weighted by Gasteiger charge is -2.09. The van der Waals surface area contributed by atoms with E-state index in [0.29, 0.717) is 15.9 Å². The Labute approximate surface area is 119 Å². The van der Waals surface area contributed by atoms with Crippen molar-refractivity contribution in [3.05, 3.63) is 40.8 Å². The minimum Gasteiger partial charge on any atom is -0.399 e. The Morgan fingerprint density at radius 1 is 1.26 bits per heavy atom. The lowest BCUT2D eigenvalue weighted by atomic mass is 10.2. The number of aryl methyl sites for hydroxylation is 1. The van der Waals surface area contributed by atoms with Crippen LogP contribution in [0.2, 0.25) is 0 Å². The van der Waals surface area contributed by atoms with Crippen molar-refractivity contribution in [2.45, 2.75) is 11.8 Å². The Hall–Kier alpha value is -1.67. The van der Waals surface area contributed by atoms with Crippen LogP contribution in [0, 0.1) is 6.92 Å². The van der Waals surface area contributed by atoms with Gasteiger partial charge in [0.05, 0.1) is 17.3 Å². The molecule has 0 amide bonds. The molecule has 2 rings (SSSR count). The summed E-state index contributed by atoms with van der Waals surface area (Å²) in [5, 5.41) is 0. The molecule has 1 aromatic heterocycles. The minimum atomic E-state index is -3.70. The van der Waals surface area contributed by atoms with Crippen LogP contribution in [0.4, 0.5) is 11.5 Å². The van der Waals surface area contributed by atoms with E-state index in [4.69, 9.17) is 5.73 Å². The number of sulfonamides is 1. The fourth-order valence-electron chi connectivity index (χ4n) is 1.53. The predicted octanol–water partition coefficient (Wildman–Crippen LogP) is 1.93. The smallest absolute Gasteiger partial charge is 0.263 e. The van der Waals surface area contributed by atoms with E-state index < -0.39 is 10.0 Å². The summed E-state index contributed by atoms with van der Waals surface area (Å²) in [6.07, 6.45) is 2.74. The Morgan fingerprint density at radius 2 is 2.00 bits per heavy atom. The fourth-order valence-corrected chi connectivity index (χ4v) is 2.96. The molecule has 3 N–H and O–H groups in total. The second kappa shape index (κ2) is 5.14. The number of nitrogens with one attached hydrogen (secondary N) is 1. The van der Waals surface area contributed by atoms with Crippen LogP contribution in [-0.2, 0) is 10.0 Å². The van der Waals surface area contributed by atoms with Gasteiger partial charge in [-0.05, 0) is 46.6 Å². The van der Waals surface area contributed by atoms with E-state index in [-0.39, 0.29) is 10.7 Å². The van der Waals surface area contributed by atoms with Gasteiger partial charge in [0.1, 0.15) is 4.60 Å². The summed E-state index contributed by atoms with van der Waals surface area (Å²) in [7, 11) is -3.70. The van der Waals surface area contributed by atoms with Gasteiger partial charge >= 0.3 is 0 Å². The highest BCUT2D eigenvalue weighted by atomic mass is 79.9. The van der Waals surface area contributed by atoms with E-state index in [1.165, 1.54) is 24.5 Å². The average Bonchev–Trinajstić information content (AvgIpc) is 2.31. The van der Waals surface area contributed by atoms with Gasteiger partial charge in [-0.3, -0.25) is 4.72 Å². The molecule has 6 nitrogen and oxygen atoms in total. The van der Waals surface area contributed by atoms with Crippen molar-refractivity contribution < 1.29 is 8.42 Å². The fraction of sp³-hybridized carbons (Fsp3) is 0.0909. The zero-order chi connectivity index (χ0) is 14.0. The van der Waals surface area contributed by atoms with E-state index in [2.05, 4.69) is 30.6 Å². The third kappa shape index (κ3) is 3.21. The molecule has 1 aromatic carbocycles. The summed E-state index contributed by atoms with van der Waals surface area (Å²) in [5.41, 5.74) is 6.68. The SMILES string of the molecule is Cc1cc(N)ccc1S(=O)(=O)Nc1cnc(Br)cn1. The number of nitrogens with zero attached hydrogens (tertiary/aromatic N) is 2. The van der Waals surface area contributed by atoms with Crippen LogP contribution in [0.1, 0.15) is 5.56 Å². The van der Waals surface area contributed by atoms with E-state index >= 15 is 0 Å². The minimum absolute atomic E-state index is 0.152. The summed E-state index contributed by atoms with van der Waals surface area (Å²) in [5.74, 6) is 0.152. The number of anilines is 2. The number of nitrogens with two attached hydrogens (primary N) is 1. The first-order valence-corrected chi connectivity index (χ1v) is 7.52. The molecule has 0 saturated heterocycles. The van der Waals surface area contributed by atoms with E-state index in [9.17, 15) is 8.42 Å². The topological polar surface area (TPSA) is 98.0 Å². The maximum atomic E-state index is 12.2. The Kier molecular flexibility index (Phi) is 3.72. The second-order valence-corrected chi connectivity index (χ2v) is 6.32. The van der Waals surface area contributed by atoms with E-state index in [0.717, 1.165) is 0 Å². The van der Waals surface area contributed by atoms with Gasteiger partial charge in [0, 0.05) is 5.69 Å². The lowest BCUT2D eigenvalue weighted by Crippen LogP contribution is -2.15. The van der Waals surface area contributed by atoms with Crippen LogP contribution in [0.25, 0.3) is 0 Å². The van der Waals surface area contributed by atoms with Crippen LogP contribution >= 0.6 is 15.9 Å². The summed E-state index contributed by atoms with van der Waals surface area (Å²) in [4.78, 5) is 7.97. The van der Waals surface area contributed by atoms with Crippen molar-refractivity contribution >= 4 is 37.5 Å². The highest BCUT2D eigenvalue weighted by Gasteiger charge is 2.17. The first-order chi connectivity index (χ1) is 8.88. The third-order valence-corrected chi connectivity index (χ3v) is 4.27. The van der Waals surface area contributed by atoms with Gasteiger partial charge in [-0.2, -0.15) is 0 Å². The lowest BCUT2D eigenvalue weighted by molar-refractivity contribution is 0.600. The summed E-state index contributed by atoms with van der Waals surface area (Å²) in [6, 6.07) is 4.59. The summed E-state index contributed by atoms with van der Waals surface area (Å²) >= 11 is 3.12. The van der Waals surface area contributed by atoms with Crippen LogP contribution in [0.15, 0.2) is 40.1 Å². The van der Waals surface area contributed by atoms with Gasteiger partial charge in [-0.1, -0.05) is 0 Å². The summed E-state index contributed by atoms with van der Waals surface area (Å²) < 4.78 is 27.3. The highest BCUT2D eigenvalue weighted by Crippen LogP contribution is 2.20. The van der Waals surface area contributed by atoms with Crippen molar-refractivity contribution in [2.75, 3.05) is 10.5 Å². The first-order valence-electron chi connectivity index (χ1n) is 5.25. The van der Waals surface area contributed by atoms with Crippen molar-refractivity contribution in [1.29, 1.82) is 0 Å². The number of nitrogen functional groups attached to an aromatic ring is 1. The molecule has 19 heavy (non-hydrogen) atoms. The molecule has 0 spiro atoms. The molecule has 1 heterocycles. The van der Waals surface area contributed by atoms with Crippen molar-refractivity contribution in [2.24, 2.45) is 0 Å². The van der Waals surface area contributed by atoms with Crippen molar-refractivity contribution in [1.82, 2.24) is 9.97 Å². The quantitative estimate of drug-likeness (QED) is 0.830. The molecule has 100 valence electrons. The molecule has 0 aliphatic rings. The van der Waals surface area contributed by atoms with E-state index in [1.807, 2.05) is 0 Å². The predicted molar refractivity (Wildman–Crippen MR) is 76.1 cm³/mol. The zero-order valence-electron chi connectivity index (χ0n) is 9.96. The number of hydrogen-bond acceptors (Lipinski definition) is 5. The Morgan fingerprint density at radius 3 is 2.58 bits per heavy atom. The van der Waals surface area contributed by atoms with Crippen LogP contribution in [0.3, 0.4) is 0 Å². The number of benzene rings is 1. The monoisotopic (exact) mass is 342 g/mol. The largest absolute Gasteiger partial charge is 0.399 e. The molecule has 0 aliphatic heterocycles. The molecule has 0 unspecified atom stereocenters. The van der Waals surface area contributed by atoms with Crippen LogP contribution in [0.5, 0.6) is 0 Å². The average molecular weight is 343 g/mol. The number of rotatable bonds is 3. The molecule has 0 bridgehead atoms. The normalized spacial score (nSPS) is 11.3. The number of aromatic nitrogens is 2. The molecule has 0 atom stereocenters. The molecule has 0 aliphatic carbocycles. The molecule has 0 saturated carbocycles. The molecule has 0 radical (unpaired) electrons. The van der Waals surface area contributed by atoms with Crippen molar-refractivity contribution in [3.8, 4) is 0 Å². The number of halogens is 1. The highest BCUT2D eigenvalue weighted by molar-refractivity contribution is 9.10. The maximum Gasteiger partial charge on any atom is 0.263 e. The zero-order valence-corrected chi connectivity index (χ0v) is 12.4. The molecule has 0 fully saturated rings. The van der Waals surface area contributed by atoms with E-state index in [1.54, 1.807) is 13.0 Å². The van der Waals surface area contributed by atoms with Gasteiger partial charge in [-0.25, -0.2) is 18.4 Å². The molecule has 8 heteroatoms. The Balaban J connectivity index is 2.35. The number of hydrogen-bond donors (Lipinski definition) is 2. The molecular formula is C11H11BrN4O2S. The second-order valence-electron chi connectivity index (χ2n) is 3.85. The van der Waals surface area contributed by atoms with Gasteiger partial charge in [-0.15, -0.1) is 0 Å². The summed E-state index contributed by atoms with van der Waals surface area (Å²) in [6.45, 7) is 1.68. The van der Waals surface area contributed by atoms with Gasteiger partial charge < -0.3 is 5.73 Å². The first kappa shape index (κ1) is 13.8. The van der Waals surface area contributed by atoms with Gasteiger partial charge in [0.15, 0.2) is 5.82 Å². The van der Waals surface area contributed by atoms with Gasteiger partial charge in [0.2, 0.25) is 0 Å². The van der Waals surface area contributed by atoms with Gasteiger partial charge in [0.25, 0.3) is 10.0 Å².